The largest absolute Gasteiger partial charge is 0.465 e. The molecule has 0 aliphatic carbocycles. The fraction of sp³-hybridized carbons (Fsp3) is 0.0455. The molecule has 2 aromatic carbocycles. The van der Waals surface area contributed by atoms with E-state index in [-0.39, 0.29) is 22.7 Å². The van der Waals surface area contributed by atoms with Crippen molar-refractivity contribution in [2.45, 2.75) is 0 Å². The van der Waals surface area contributed by atoms with Gasteiger partial charge in [0.05, 0.1) is 23.9 Å². The molecule has 0 saturated carbocycles. The van der Waals surface area contributed by atoms with Crippen molar-refractivity contribution in [1.82, 2.24) is 5.32 Å². The molecular formula is C22H17N3O7. The topological polar surface area (TPSA) is 141 Å². The molecule has 32 heavy (non-hydrogen) atoms. The number of benzene rings is 2. The molecule has 2 N–H and O–H groups in total. The molecule has 0 spiro atoms. The molecule has 1 aromatic heterocycles. The molecule has 0 aliphatic heterocycles. The molecule has 10 heteroatoms. The third kappa shape index (κ3) is 5.45. The van der Waals surface area contributed by atoms with Gasteiger partial charge in [0.25, 0.3) is 17.5 Å². The van der Waals surface area contributed by atoms with Gasteiger partial charge in [-0.05, 0) is 54.1 Å². The molecule has 3 aromatic rings. The summed E-state index contributed by atoms with van der Waals surface area (Å²) in [5, 5.41) is 15.9. The standard InChI is InChI=1S/C22H17N3O7/c1-31-22(28)15-4-2-5-16(13-15)23-20(26)18(24-21(27)19-6-3-11-32-19)12-14-7-9-17(10-8-14)25(29)30/h2-13H,1H3,(H,23,26)(H,24,27). The highest BCUT2D eigenvalue weighted by Crippen LogP contribution is 2.16. The minimum absolute atomic E-state index is 0.0138. The average molecular weight is 435 g/mol. The first-order valence-electron chi connectivity index (χ1n) is 9.18. The van der Waals surface area contributed by atoms with E-state index >= 15 is 0 Å². The summed E-state index contributed by atoms with van der Waals surface area (Å²) in [4.78, 5) is 47.3. The van der Waals surface area contributed by atoms with Gasteiger partial charge in [0.15, 0.2) is 5.76 Å². The van der Waals surface area contributed by atoms with Crippen LogP contribution < -0.4 is 10.6 Å². The van der Waals surface area contributed by atoms with E-state index in [0.717, 1.165) is 0 Å². The van der Waals surface area contributed by atoms with E-state index in [1.54, 1.807) is 12.1 Å². The van der Waals surface area contributed by atoms with Gasteiger partial charge in [-0.15, -0.1) is 0 Å². The van der Waals surface area contributed by atoms with E-state index in [2.05, 4.69) is 15.4 Å². The van der Waals surface area contributed by atoms with E-state index in [1.165, 1.54) is 68.0 Å². The summed E-state index contributed by atoms with van der Waals surface area (Å²) in [5.74, 6) is -1.94. The van der Waals surface area contributed by atoms with Crippen LogP contribution in [0.4, 0.5) is 11.4 Å². The van der Waals surface area contributed by atoms with Crippen LogP contribution in [0.15, 0.2) is 77.0 Å². The second-order valence-corrected chi connectivity index (χ2v) is 6.36. The Hall–Kier alpha value is -4.73. The molecule has 0 fully saturated rings. The van der Waals surface area contributed by atoms with Crippen molar-refractivity contribution in [3.63, 3.8) is 0 Å². The molecule has 3 rings (SSSR count). The lowest BCUT2D eigenvalue weighted by Gasteiger charge is -2.11. The molecule has 0 saturated heterocycles. The number of nitro benzene ring substituents is 1. The molecule has 0 radical (unpaired) electrons. The first-order chi connectivity index (χ1) is 15.4. The normalized spacial score (nSPS) is 10.8. The number of anilines is 1. The van der Waals surface area contributed by atoms with Crippen LogP contribution in [0, 0.1) is 10.1 Å². The predicted octanol–water partition coefficient (Wildman–Crippen LogP) is 3.38. The molecule has 10 nitrogen and oxygen atoms in total. The number of methoxy groups -OCH3 is 1. The number of carbonyl (C=O) groups excluding carboxylic acids is 3. The number of hydrogen-bond donors (Lipinski definition) is 2. The Labute approximate surface area is 181 Å². The van der Waals surface area contributed by atoms with E-state index < -0.39 is 22.7 Å². The van der Waals surface area contributed by atoms with Crippen molar-refractivity contribution in [3.05, 3.63) is 99.6 Å². The van der Waals surface area contributed by atoms with E-state index in [1.807, 2.05) is 0 Å². The number of furan rings is 1. The van der Waals surface area contributed by atoms with E-state index in [0.29, 0.717) is 11.3 Å². The lowest BCUT2D eigenvalue weighted by molar-refractivity contribution is -0.384. The van der Waals surface area contributed by atoms with Crippen LogP contribution in [0.3, 0.4) is 0 Å². The molecule has 0 aliphatic rings. The molecular weight excluding hydrogens is 418 g/mol. The lowest BCUT2D eigenvalue weighted by atomic mass is 10.1. The number of ether oxygens (including phenoxy) is 1. The SMILES string of the molecule is COC(=O)c1cccc(NC(=O)C(=Cc2ccc([N+](=O)[O-])cc2)NC(=O)c2ccco2)c1. The highest BCUT2D eigenvalue weighted by atomic mass is 16.6. The summed E-state index contributed by atoms with van der Waals surface area (Å²) in [6.07, 6.45) is 2.66. The third-order valence-electron chi connectivity index (χ3n) is 4.19. The van der Waals surface area contributed by atoms with Crippen molar-refractivity contribution < 1.29 is 28.5 Å². The zero-order valence-corrected chi connectivity index (χ0v) is 16.7. The summed E-state index contributed by atoms with van der Waals surface area (Å²) >= 11 is 0. The monoisotopic (exact) mass is 435 g/mol. The van der Waals surface area contributed by atoms with Crippen LogP contribution in [0.25, 0.3) is 6.08 Å². The zero-order valence-electron chi connectivity index (χ0n) is 16.7. The number of esters is 1. The first-order valence-corrected chi connectivity index (χ1v) is 9.18. The Morgan fingerprint density at radius 2 is 1.81 bits per heavy atom. The minimum atomic E-state index is -0.690. The zero-order chi connectivity index (χ0) is 23.1. The Morgan fingerprint density at radius 1 is 1.06 bits per heavy atom. The summed E-state index contributed by atoms with van der Waals surface area (Å²) in [7, 11) is 1.24. The van der Waals surface area contributed by atoms with Crippen molar-refractivity contribution in [2.75, 3.05) is 12.4 Å². The van der Waals surface area contributed by atoms with Crippen LogP contribution in [-0.4, -0.2) is 29.8 Å². The van der Waals surface area contributed by atoms with Crippen molar-refractivity contribution in [2.24, 2.45) is 0 Å². The van der Waals surface area contributed by atoms with Gasteiger partial charge in [0, 0.05) is 17.8 Å². The predicted molar refractivity (Wildman–Crippen MR) is 114 cm³/mol. The molecule has 0 atom stereocenters. The fourth-order valence-corrected chi connectivity index (χ4v) is 2.65. The Kier molecular flexibility index (Phi) is 6.76. The fourth-order valence-electron chi connectivity index (χ4n) is 2.65. The quantitative estimate of drug-likeness (QED) is 0.251. The number of nitrogens with zero attached hydrogens (tertiary/aromatic N) is 1. The highest BCUT2D eigenvalue weighted by Gasteiger charge is 2.17. The second-order valence-electron chi connectivity index (χ2n) is 6.36. The Morgan fingerprint density at radius 3 is 2.44 bits per heavy atom. The van der Waals surface area contributed by atoms with Gasteiger partial charge in [-0.25, -0.2) is 4.79 Å². The van der Waals surface area contributed by atoms with Gasteiger partial charge in [0.2, 0.25) is 0 Å². The van der Waals surface area contributed by atoms with Crippen LogP contribution in [0.5, 0.6) is 0 Å². The smallest absolute Gasteiger partial charge is 0.337 e. The van der Waals surface area contributed by atoms with Gasteiger partial charge >= 0.3 is 5.97 Å². The number of rotatable bonds is 7. The number of carbonyl (C=O) groups is 3. The molecule has 162 valence electrons. The van der Waals surface area contributed by atoms with Crippen LogP contribution in [0.1, 0.15) is 26.5 Å². The maximum absolute atomic E-state index is 12.9. The van der Waals surface area contributed by atoms with Crippen molar-refractivity contribution in [3.8, 4) is 0 Å². The third-order valence-corrected chi connectivity index (χ3v) is 4.19. The number of amides is 2. The summed E-state index contributed by atoms with van der Waals surface area (Å²) in [5.41, 5.74) is 0.686. The number of non-ortho nitro benzene ring substituents is 1. The molecule has 2 amide bonds. The number of hydrogen-bond acceptors (Lipinski definition) is 7. The Balaban J connectivity index is 1.89. The molecule has 1 heterocycles. The van der Waals surface area contributed by atoms with Crippen LogP contribution in [0.2, 0.25) is 0 Å². The average Bonchev–Trinajstić information content (AvgIpc) is 3.33. The van der Waals surface area contributed by atoms with E-state index in [4.69, 9.17) is 4.42 Å². The number of nitro groups is 1. The van der Waals surface area contributed by atoms with Gasteiger partial charge in [-0.2, -0.15) is 0 Å². The van der Waals surface area contributed by atoms with Gasteiger partial charge < -0.3 is 19.8 Å². The van der Waals surface area contributed by atoms with Gasteiger partial charge in [0.1, 0.15) is 5.70 Å². The van der Waals surface area contributed by atoms with Crippen LogP contribution >= 0.6 is 0 Å². The maximum Gasteiger partial charge on any atom is 0.337 e. The van der Waals surface area contributed by atoms with Crippen molar-refractivity contribution in [1.29, 1.82) is 0 Å². The Bertz CT molecular complexity index is 1180. The molecule has 0 unspecified atom stereocenters. The summed E-state index contributed by atoms with van der Waals surface area (Å²) in [6.45, 7) is 0. The number of nitrogens with one attached hydrogen (secondary N) is 2. The van der Waals surface area contributed by atoms with Crippen molar-refractivity contribution >= 4 is 35.2 Å². The highest BCUT2D eigenvalue weighted by molar-refractivity contribution is 6.10. The first kappa shape index (κ1) is 22.0. The summed E-state index contributed by atoms with van der Waals surface area (Å²) in [6, 6.07) is 14.4. The minimum Gasteiger partial charge on any atom is -0.465 e. The summed E-state index contributed by atoms with van der Waals surface area (Å²) < 4.78 is 9.71. The van der Waals surface area contributed by atoms with E-state index in [9.17, 15) is 24.5 Å². The second kappa shape index (κ2) is 9.85. The maximum atomic E-state index is 12.9. The van der Waals surface area contributed by atoms with Gasteiger partial charge in [-0.3, -0.25) is 19.7 Å². The van der Waals surface area contributed by atoms with Crippen LogP contribution in [-0.2, 0) is 9.53 Å². The molecule has 0 bridgehead atoms. The lowest BCUT2D eigenvalue weighted by Crippen LogP contribution is -2.30. The van der Waals surface area contributed by atoms with Gasteiger partial charge in [-0.1, -0.05) is 6.07 Å².